The minimum atomic E-state index is -1.62. The van der Waals surface area contributed by atoms with Crippen molar-refractivity contribution in [2.45, 2.75) is 153 Å². The summed E-state index contributed by atoms with van der Waals surface area (Å²) in [6.45, 7) is 0. The van der Waals surface area contributed by atoms with Crippen LogP contribution in [0.5, 0.6) is 0 Å². The molecule has 2 fully saturated rings. The van der Waals surface area contributed by atoms with Crippen LogP contribution in [0.1, 0.15) is 148 Å². The second kappa shape index (κ2) is 15.0. The van der Waals surface area contributed by atoms with Gasteiger partial charge in [0.2, 0.25) is 0 Å². The van der Waals surface area contributed by atoms with Crippen LogP contribution in [-0.2, 0) is 9.59 Å². The molecule has 0 aromatic rings. The van der Waals surface area contributed by atoms with Crippen LogP contribution in [0.2, 0.25) is 0 Å². The third-order valence-corrected chi connectivity index (χ3v) is 8.60. The monoisotopic (exact) mass is 466 g/mol. The molecule has 0 amide bonds. The van der Waals surface area contributed by atoms with Crippen molar-refractivity contribution < 1.29 is 24.9 Å². The lowest BCUT2D eigenvalue weighted by molar-refractivity contribution is -0.149. The van der Waals surface area contributed by atoms with Crippen molar-refractivity contribution in [1.29, 1.82) is 0 Å². The number of hydrogen-bond donors (Lipinski definition) is 3. The summed E-state index contributed by atoms with van der Waals surface area (Å²) in [5.41, 5.74) is -0.938. The summed E-state index contributed by atoms with van der Waals surface area (Å²) in [4.78, 5) is 21.8. The van der Waals surface area contributed by atoms with Gasteiger partial charge in [0, 0.05) is 0 Å². The van der Waals surface area contributed by atoms with E-state index in [9.17, 15) is 14.7 Å². The molecule has 0 atom stereocenters. The first-order chi connectivity index (χ1) is 15.9. The summed E-state index contributed by atoms with van der Waals surface area (Å²) in [7, 11) is 0. The third kappa shape index (κ3) is 10.8. The Kier molecular flexibility index (Phi) is 12.8. The standard InChI is InChI=1S/C28H50O5/c29-25(30)22-28(33,23-26(31)32)21-15-7-5-3-1-2-4-6-12-18-27(19-13-9-14-20-27)24-16-10-8-11-17-24/h24,33H,1-23H2,(H,29,30)(H,31,32). The second-order valence-electron chi connectivity index (χ2n) is 11.3. The van der Waals surface area contributed by atoms with Crippen LogP contribution in [0, 0.1) is 11.3 Å². The summed E-state index contributed by atoms with van der Waals surface area (Å²) in [6, 6.07) is 0. The van der Waals surface area contributed by atoms with Crippen molar-refractivity contribution >= 4 is 11.9 Å². The van der Waals surface area contributed by atoms with E-state index in [1.165, 1.54) is 109 Å². The van der Waals surface area contributed by atoms with Crippen LogP contribution < -0.4 is 0 Å². The first-order valence-corrected chi connectivity index (χ1v) is 14.0. The molecule has 0 spiro atoms. The molecule has 0 aromatic heterocycles. The van der Waals surface area contributed by atoms with Gasteiger partial charge in [0.05, 0.1) is 18.4 Å². The maximum atomic E-state index is 10.9. The molecule has 192 valence electrons. The highest BCUT2D eigenvalue weighted by Crippen LogP contribution is 2.51. The number of carbonyl (C=O) groups is 2. The van der Waals surface area contributed by atoms with E-state index in [1.807, 2.05) is 0 Å². The lowest BCUT2D eigenvalue weighted by atomic mass is 9.59. The Morgan fingerprint density at radius 1 is 0.667 bits per heavy atom. The van der Waals surface area contributed by atoms with Crippen LogP contribution in [0.3, 0.4) is 0 Å². The topological polar surface area (TPSA) is 94.8 Å². The molecule has 2 saturated carbocycles. The Morgan fingerprint density at radius 3 is 1.64 bits per heavy atom. The maximum absolute atomic E-state index is 10.9. The molecule has 0 bridgehead atoms. The van der Waals surface area contributed by atoms with Crippen LogP contribution in [0.15, 0.2) is 0 Å². The number of aliphatic carboxylic acids is 2. The van der Waals surface area contributed by atoms with E-state index in [4.69, 9.17) is 10.2 Å². The Labute approximate surface area is 201 Å². The van der Waals surface area contributed by atoms with Crippen molar-refractivity contribution in [2.75, 3.05) is 0 Å². The fraction of sp³-hybridized carbons (Fsp3) is 0.929. The Balaban J connectivity index is 1.52. The van der Waals surface area contributed by atoms with E-state index in [0.717, 1.165) is 18.8 Å². The van der Waals surface area contributed by atoms with E-state index >= 15 is 0 Å². The highest BCUT2D eigenvalue weighted by Gasteiger charge is 2.39. The van der Waals surface area contributed by atoms with Crippen LogP contribution >= 0.6 is 0 Å². The van der Waals surface area contributed by atoms with Gasteiger partial charge >= 0.3 is 11.9 Å². The van der Waals surface area contributed by atoms with Gasteiger partial charge in [-0.1, -0.05) is 96.3 Å². The molecule has 0 aromatic carbocycles. The van der Waals surface area contributed by atoms with Gasteiger partial charge in [-0.25, -0.2) is 0 Å². The first kappa shape index (κ1) is 28.1. The number of carboxylic acid groups (broad SMARTS) is 2. The van der Waals surface area contributed by atoms with Gasteiger partial charge in [0.1, 0.15) is 0 Å². The Morgan fingerprint density at radius 2 is 1.12 bits per heavy atom. The fourth-order valence-corrected chi connectivity index (χ4v) is 6.80. The lowest BCUT2D eigenvalue weighted by Gasteiger charge is -2.46. The zero-order valence-corrected chi connectivity index (χ0v) is 21.0. The summed E-state index contributed by atoms with van der Waals surface area (Å²) in [5.74, 6) is -1.28. The minimum absolute atomic E-state index is 0.244. The van der Waals surface area contributed by atoms with E-state index in [-0.39, 0.29) is 6.42 Å². The predicted molar refractivity (Wildman–Crippen MR) is 132 cm³/mol. The lowest BCUT2D eigenvalue weighted by Crippen LogP contribution is -2.34. The van der Waals surface area contributed by atoms with Crippen molar-refractivity contribution in [2.24, 2.45) is 11.3 Å². The highest BCUT2D eigenvalue weighted by atomic mass is 16.4. The predicted octanol–water partition coefficient (Wildman–Crippen LogP) is 7.49. The normalized spacial score (nSPS) is 19.4. The number of aliphatic hydroxyl groups is 1. The van der Waals surface area contributed by atoms with Gasteiger partial charge in [-0.2, -0.15) is 0 Å². The summed E-state index contributed by atoms with van der Waals surface area (Å²) in [6.07, 6.45) is 25.9. The molecule has 2 aliphatic carbocycles. The van der Waals surface area contributed by atoms with Crippen molar-refractivity contribution in [3.05, 3.63) is 0 Å². The largest absolute Gasteiger partial charge is 0.481 e. The molecule has 33 heavy (non-hydrogen) atoms. The van der Waals surface area contributed by atoms with E-state index < -0.39 is 30.4 Å². The zero-order valence-electron chi connectivity index (χ0n) is 21.0. The molecule has 3 N–H and O–H groups in total. The fourth-order valence-electron chi connectivity index (χ4n) is 6.80. The molecule has 0 aliphatic heterocycles. The van der Waals surface area contributed by atoms with Gasteiger partial charge in [-0.3, -0.25) is 9.59 Å². The molecular weight excluding hydrogens is 416 g/mol. The van der Waals surface area contributed by atoms with Crippen LogP contribution in [0.4, 0.5) is 0 Å². The van der Waals surface area contributed by atoms with Gasteiger partial charge in [-0.05, 0) is 49.9 Å². The van der Waals surface area contributed by atoms with E-state index in [0.29, 0.717) is 11.8 Å². The molecule has 5 nitrogen and oxygen atoms in total. The Bertz CT molecular complexity index is 545. The smallest absolute Gasteiger partial charge is 0.306 e. The number of carboxylic acids is 2. The molecule has 2 aliphatic rings. The number of unbranched alkanes of at least 4 members (excludes halogenated alkanes) is 8. The Hall–Kier alpha value is -1.10. The first-order valence-electron chi connectivity index (χ1n) is 14.0. The summed E-state index contributed by atoms with van der Waals surface area (Å²) in [5, 5.41) is 28.2. The van der Waals surface area contributed by atoms with Gasteiger partial charge in [0.15, 0.2) is 0 Å². The van der Waals surface area contributed by atoms with Gasteiger partial charge in [-0.15, -0.1) is 0 Å². The average Bonchev–Trinajstić information content (AvgIpc) is 2.77. The number of hydrogen-bond acceptors (Lipinski definition) is 3. The van der Waals surface area contributed by atoms with E-state index in [2.05, 4.69) is 0 Å². The van der Waals surface area contributed by atoms with E-state index in [1.54, 1.807) is 0 Å². The summed E-state index contributed by atoms with van der Waals surface area (Å²) < 4.78 is 0. The van der Waals surface area contributed by atoms with Crippen molar-refractivity contribution in [1.82, 2.24) is 0 Å². The molecular formula is C28H50O5. The van der Waals surface area contributed by atoms with Gasteiger partial charge < -0.3 is 15.3 Å². The SMILES string of the molecule is O=C(O)CC(O)(CCCCCCCCCCCC1(C2CCCCC2)CCCCC1)CC(=O)O. The second-order valence-corrected chi connectivity index (χ2v) is 11.3. The average molecular weight is 467 g/mol. The third-order valence-electron chi connectivity index (χ3n) is 8.60. The molecule has 0 unspecified atom stereocenters. The summed E-state index contributed by atoms with van der Waals surface area (Å²) >= 11 is 0. The molecule has 0 saturated heterocycles. The van der Waals surface area contributed by atoms with Crippen molar-refractivity contribution in [3.63, 3.8) is 0 Å². The quantitative estimate of drug-likeness (QED) is 0.193. The minimum Gasteiger partial charge on any atom is -0.481 e. The van der Waals surface area contributed by atoms with Crippen molar-refractivity contribution in [3.8, 4) is 0 Å². The molecule has 0 radical (unpaired) electrons. The molecule has 0 heterocycles. The maximum Gasteiger partial charge on any atom is 0.306 e. The number of rotatable bonds is 17. The molecule has 5 heteroatoms. The van der Waals surface area contributed by atoms with Gasteiger partial charge in [0.25, 0.3) is 0 Å². The zero-order chi connectivity index (χ0) is 24.0. The highest BCUT2D eigenvalue weighted by molar-refractivity contribution is 5.72. The molecule has 2 rings (SSSR count). The van der Waals surface area contributed by atoms with Crippen LogP contribution in [-0.4, -0.2) is 32.9 Å². The van der Waals surface area contributed by atoms with Crippen LogP contribution in [0.25, 0.3) is 0 Å².